The van der Waals surface area contributed by atoms with Crippen LogP contribution in [0.5, 0.6) is 0 Å². The van der Waals surface area contributed by atoms with E-state index in [4.69, 9.17) is 14.2 Å². The van der Waals surface area contributed by atoms with Crippen LogP contribution < -0.4 is 0 Å². The van der Waals surface area contributed by atoms with Crippen LogP contribution in [0.15, 0.2) is 0 Å². The molecule has 0 radical (unpaired) electrons. The smallest absolute Gasteiger partial charge is 0.312 e. The van der Waals surface area contributed by atoms with E-state index in [2.05, 4.69) is 0 Å². The largest absolute Gasteiger partial charge is 0.460 e. The zero-order chi connectivity index (χ0) is 15.0. The fraction of sp³-hybridized carbons (Fsp3) is 0.933. The predicted octanol–water partition coefficient (Wildman–Crippen LogP) is 2.01. The number of rotatable bonds is 2. The predicted molar refractivity (Wildman–Crippen MR) is 73.1 cm³/mol. The molecule has 1 saturated carbocycles. The van der Waals surface area contributed by atoms with Crippen molar-refractivity contribution in [2.45, 2.75) is 70.4 Å². The van der Waals surface area contributed by atoms with E-state index in [1.807, 2.05) is 20.8 Å². The molecule has 1 spiro atoms. The minimum Gasteiger partial charge on any atom is -0.460 e. The summed E-state index contributed by atoms with van der Waals surface area (Å²) in [5, 5.41) is 10.7. The SMILES string of the molecule is CC(C(=O)OC(C)(C)C)C1(O)CCC2(CC1)OCCO2. The first-order chi connectivity index (χ1) is 9.16. The molecule has 1 atom stereocenters. The summed E-state index contributed by atoms with van der Waals surface area (Å²) in [6, 6.07) is 0. The van der Waals surface area contributed by atoms with Crippen LogP contribution in [-0.2, 0) is 19.0 Å². The molecule has 0 bridgehead atoms. The Morgan fingerprint density at radius 1 is 1.15 bits per heavy atom. The van der Waals surface area contributed by atoms with Crippen molar-refractivity contribution in [1.29, 1.82) is 0 Å². The minimum atomic E-state index is -1.02. The molecule has 1 aliphatic carbocycles. The lowest BCUT2D eigenvalue weighted by Gasteiger charge is -2.43. The van der Waals surface area contributed by atoms with Gasteiger partial charge in [0, 0.05) is 12.8 Å². The molecule has 1 N–H and O–H groups in total. The molecule has 1 unspecified atom stereocenters. The summed E-state index contributed by atoms with van der Waals surface area (Å²) in [4.78, 5) is 12.1. The highest BCUT2D eigenvalue weighted by Gasteiger charge is 2.49. The lowest BCUT2D eigenvalue weighted by atomic mass is 9.74. The molecule has 1 heterocycles. The molecule has 1 saturated heterocycles. The Balaban J connectivity index is 1.96. The van der Waals surface area contributed by atoms with Gasteiger partial charge in [-0.3, -0.25) is 4.79 Å². The van der Waals surface area contributed by atoms with Crippen LogP contribution in [0, 0.1) is 5.92 Å². The number of carbonyl (C=O) groups is 1. The Morgan fingerprint density at radius 2 is 1.65 bits per heavy atom. The van der Waals surface area contributed by atoms with E-state index in [1.54, 1.807) is 6.92 Å². The first-order valence-corrected chi connectivity index (χ1v) is 7.39. The summed E-state index contributed by atoms with van der Waals surface area (Å²) in [6.07, 6.45) is 2.23. The third-order valence-electron chi connectivity index (χ3n) is 4.26. The first kappa shape index (κ1) is 15.7. The maximum atomic E-state index is 12.1. The molecule has 2 rings (SSSR count). The van der Waals surface area contributed by atoms with Gasteiger partial charge in [0.15, 0.2) is 5.79 Å². The maximum absolute atomic E-state index is 12.1. The van der Waals surface area contributed by atoms with Crippen molar-refractivity contribution < 1.29 is 24.1 Å². The number of esters is 1. The van der Waals surface area contributed by atoms with E-state index in [9.17, 15) is 9.90 Å². The van der Waals surface area contributed by atoms with Crippen molar-refractivity contribution in [2.75, 3.05) is 13.2 Å². The number of carbonyl (C=O) groups excluding carboxylic acids is 1. The van der Waals surface area contributed by atoms with Gasteiger partial charge in [-0.2, -0.15) is 0 Å². The van der Waals surface area contributed by atoms with Crippen LogP contribution in [0.3, 0.4) is 0 Å². The summed E-state index contributed by atoms with van der Waals surface area (Å²) < 4.78 is 16.7. The van der Waals surface area contributed by atoms with Crippen molar-refractivity contribution in [1.82, 2.24) is 0 Å². The lowest BCUT2D eigenvalue weighted by Crippen LogP contribution is -2.50. The number of hydrogen-bond donors (Lipinski definition) is 1. The van der Waals surface area contributed by atoms with Gasteiger partial charge in [-0.05, 0) is 40.5 Å². The van der Waals surface area contributed by atoms with Gasteiger partial charge >= 0.3 is 5.97 Å². The van der Waals surface area contributed by atoms with Crippen molar-refractivity contribution in [3.8, 4) is 0 Å². The van der Waals surface area contributed by atoms with Crippen LogP contribution in [0.1, 0.15) is 53.4 Å². The average Bonchev–Trinajstić information content (AvgIpc) is 2.79. The summed E-state index contributed by atoms with van der Waals surface area (Å²) in [5.41, 5.74) is -1.56. The van der Waals surface area contributed by atoms with Gasteiger partial charge in [0.25, 0.3) is 0 Å². The normalized spacial score (nSPS) is 26.4. The van der Waals surface area contributed by atoms with Crippen LogP contribution >= 0.6 is 0 Å². The molecule has 2 fully saturated rings. The molecule has 5 heteroatoms. The minimum absolute atomic E-state index is 0.343. The van der Waals surface area contributed by atoms with E-state index in [1.165, 1.54) is 0 Å². The Bertz CT molecular complexity index is 355. The zero-order valence-electron chi connectivity index (χ0n) is 12.9. The Morgan fingerprint density at radius 3 is 2.10 bits per heavy atom. The van der Waals surface area contributed by atoms with Gasteiger partial charge in [-0.1, -0.05) is 0 Å². The zero-order valence-corrected chi connectivity index (χ0v) is 12.9. The highest BCUT2D eigenvalue weighted by Crippen LogP contribution is 2.43. The summed E-state index contributed by atoms with van der Waals surface area (Å²) >= 11 is 0. The molecular formula is C15H26O5. The Labute approximate surface area is 120 Å². The molecular weight excluding hydrogens is 260 g/mol. The third-order valence-corrected chi connectivity index (χ3v) is 4.26. The van der Waals surface area contributed by atoms with Crippen LogP contribution in [0.4, 0.5) is 0 Å². The number of aliphatic hydroxyl groups is 1. The van der Waals surface area contributed by atoms with E-state index in [0.717, 1.165) is 0 Å². The molecule has 5 nitrogen and oxygen atoms in total. The summed E-state index contributed by atoms with van der Waals surface area (Å²) in [5.74, 6) is -1.41. The van der Waals surface area contributed by atoms with E-state index in [-0.39, 0.29) is 5.97 Å². The second-order valence-electron chi connectivity index (χ2n) is 6.97. The fourth-order valence-electron chi connectivity index (χ4n) is 2.89. The first-order valence-electron chi connectivity index (χ1n) is 7.39. The van der Waals surface area contributed by atoms with Gasteiger partial charge in [-0.15, -0.1) is 0 Å². The summed E-state index contributed by atoms with van der Waals surface area (Å²) in [7, 11) is 0. The molecule has 0 aromatic rings. The number of ether oxygens (including phenoxy) is 3. The van der Waals surface area contributed by atoms with Gasteiger partial charge in [0.1, 0.15) is 5.60 Å². The molecule has 0 aromatic carbocycles. The highest BCUT2D eigenvalue weighted by molar-refractivity contribution is 5.74. The topological polar surface area (TPSA) is 65.0 Å². The van der Waals surface area contributed by atoms with Gasteiger partial charge in [-0.25, -0.2) is 0 Å². The second kappa shape index (κ2) is 5.28. The van der Waals surface area contributed by atoms with Crippen molar-refractivity contribution in [3.63, 3.8) is 0 Å². The van der Waals surface area contributed by atoms with E-state index < -0.39 is 22.9 Å². The van der Waals surface area contributed by atoms with Crippen LogP contribution in [-0.4, -0.2) is 41.3 Å². The van der Waals surface area contributed by atoms with Crippen molar-refractivity contribution >= 4 is 5.97 Å². The van der Waals surface area contributed by atoms with Crippen molar-refractivity contribution in [3.05, 3.63) is 0 Å². The molecule has 20 heavy (non-hydrogen) atoms. The quantitative estimate of drug-likeness (QED) is 0.787. The van der Waals surface area contributed by atoms with Gasteiger partial charge < -0.3 is 19.3 Å². The molecule has 116 valence electrons. The fourth-order valence-corrected chi connectivity index (χ4v) is 2.89. The Kier molecular flexibility index (Phi) is 4.15. The molecule has 1 aliphatic heterocycles. The van der Waals surface area contributed by atoms with E-state index >= 15 is 0 Å². The summed E-state index contributed by atoms with van der Waals surface area (Å²) in [6.45, 7) is 8.45. The molecule has 0 aromatic heterocycles. The van der Waals surface area contributed by atoms with Crippen molar-refractivity contribution in [2.24, 2.45) is 5.92 Å². The lowest BCUT2D eigenvalue weighted by molar-refractivity contribution is -0.214. The average molecular weight is 286 g/mol. The standard InChI is InChI=1S/C15H26O5/c1-11(12(16)20-13(2,3)4)14(17)5-7-15(8-6-14)18-9-10-19-15/h11,17H,5-10H2,1-4H3. The van der Waals surface area contributed by atoms with Gasteiger partial charge in [0.2, 0.25) is 0 Å². The molecule has 2 aliphatic rings. The Hall–Kier alpha value is -0.650. The van der Waals surface area contributed by atoms with Gasteiger partial charge in [0.05, 0.1) is 24.7 Å². The second-order valence-corrected chi connectivity index (χ2v) is 6.97. The van der Waals surface area contributed by atoms with Crippen LogP contribution in [0.25, 0.3) is 0 Å². The molecule has 0 amide bonds. The van der Waals surface area contributed by atoms with Crippen LogP contribution in [0.2, 0.25) is 0 Å². The third kappa shape index (κ3) is 3.32. The monoisotopic (exact) mass is 286 g/mol. The van der Waals surface area contributed by atoms with E-state index in [0.29, 0.717) is 38.9 Å². The maximum Gasteiger partial charge on any atom is 0.312 e. The number of hydrogen-bond acceptors (Lipinski definition) is 5. The highest BCUT2D eigenvalue weighted by atomic mass is 16.7.